The van der Waals surface area contributed by atoms with E-state index in [4.69, 9.17) is 0 Å². The summed E-state index contributed by atoms with van der Waals surface area (Å²) in [7, 11) is 0. The van der Waals surface area contributed by atoms with Crippen LogP contribution in [-0.4, -0.2) is 0 Å². The van der Waals surface area contributed by atoms with Crippen LogP contribution >= 0.6 is 0 Å². The first-order valence-corrected chi connectivity index (χ1v) is 6.86. The van der Waals surface area contributed by atoms with Crippen LogP contribution in [0.1, 0.15) is 18.1 Å². The Kier molecular flexibility index (Phi) is 3.08. The van der Waals surface area contributed by atoms with E-state index in [-0.39, 0.29) is 0 Å². The number of fused-ring (bicyclic) bond motifs is 1. The molecule has 0 aliphatic heterocycles. The summed E-state index contributed by atoms with van der Waals surface area (Å²) in [5, 5.41) is 2.64. The van der Waals surface area contributed by atoms with E-state index < -0.39 is 0 Å². The Hall–Kier alpha value is -2.08. The van der Waals surface area contributed by atoms with Gasteiger partial charge in [-0.25, -0.2) is 0 Å². The Morgan fingerprint density at radius 1 is 0.842 bits per heavy atom. The summed E-state index contributed by atoms with van der Waals surface area (Å²) in [6.07, 6.45) is 1.08. The third-order valence-electron chi connectivity index (χ3n) is 3.65. The summed E-state index contributed by atoms with van der Waals surface area (Å²) in [6.45, 7) is 4.38. The van der Waals surface area contributed by atoms with Crippen LogP contribution < -0.4 is 0 Å². The van der Waals surface area contributed by atoms with Gasteiger partial charge in [0.25, 0.3) is 0 Å². The standard InChI is InChI=1S/C19H18/c1-3-15-11-14(2)12-17(13-15)19-10-6-8-16-7-4-5-9-18(16)19/h4-13H,3H2,1-2H3. The minimum absolute atomic E-state index is 1.08. The van der Waals surface area contributed by atoms with E-state index in [0.29, 0.717) is 0 Å². The summed E-state index contributed by atoms with van der Waals surface area (Å²) in [6, 6.07) is 22.0. The fraction of sp³-hybridized carbons (Fsp3) is 0.158. The lowest BCUT2D eigenvalue weighted by Crippen LogP contribution is -1.87. The Bertz CT molecular complexity index is 718. The molecule has 3 aromatic carbocycles. The molecule has 0 unspecified atom stereocenters. The molecule has 0 aromatic heterocycles. The van der Waals surface area contributed by atoms with Gasteiger partial charge in [0.1, 0.15) is 0 Å². The maximum absolute atomic E-state index is 2.31. The summed E-state index contributed by atoms with van der Waals surface area (Å²) in [4.78, 5) is 0. The summed E-state index contributed by atoms with van der Waals surface area (Å²) < 4.78 is 0. The van der Waals surface area contributed by atoms with E-state index in [0.717, 1.165) is 6.42 Å². The van der Waals surface area contributed by atoms with E-state index in [1.807, 2.05) is 0 Å². The van der Waals surface area contributed by atoms with Gasteiger partial charge in [0.05, 0.1) is 0 Å². The number of benzene rings is 3. The number of hydrogen-bond donors (Lipinski definition) is 0. The van der Waals surface area contributed by atoms with E-state index in [1.54, 1.807) is 0 Å². The molecule has 0 aliphatic rings. The molecule has 0 N–H and O–H groups in total. The molecule has 0 radical (unpaired) electrons. The van der Waals surface area contributed by atoms with Gasteiger partial charge in [0.15, 0.2) is 0 Å². The SMILES string of the molecule is CCc1cc(C)cc(-c2cccc3ccccc23)c1. The van der Waals surface area contributed by atoms with Crippen LogP contribution in [0.4, 0.5) is 0 Å². The lowest BCUT2D eigenvalue weighted by Gasteiger charge is -2.10. The van der Waals surface area contributed by atoms with Gasteiger partial charge >= 0.3 is 0 Å². The van der Waals surface area contributed by atoms with E-state index in [9.17, 15) is 0 Å². The molecule has 3 rings (SSSR count). The van der Waals surface area contributed by atoms with Crippen molar-refractivity contribution in [3.05, 3.63) is 71.8 Å². The van der Waals surface area contributed by atoms with Crippen molar-refractivity contribution in [3.63, 3.8) is 0 Å². The highest BCUT2D eigenvalue weighted by atomic mass is 14.1. The normalized spacial score (nSPS) is 10.8. The molecule has 0 heterocycles. The van der Waals surface area contributed by atoms with Gasteiger partial charge < -0.3 is 0 Å². The molecule has 0 spiro atoms. The first-order chi connectivity index (χ1) is 9.28. The average molecular weight is 246 g/mol. The Labute approximate surface area is 114 Å². The van der Waals surface area contributed by atoms with E-state index in [1.165, 1.54) is 33.0 Å². The van der Waals surface area contributed by atoms with Gasteiger partial charge in [-0.1, -0.05) is 73.2 Å². The zero-order valence-electron chi connectivity index (χ0n) is 11.5. The lowest BCUT2D eigenvalue weighted by atomic mass is 9.95. The van der Waals surface area contributed by atoms with Gasteiger partial charge in [-0.3, -0.25) is 0 Å². The van der Waals surface area contributed by atoms with Crippen LogP contribution in [-0.2, 0) is 6.42 Å². The molecule has 0 amide bonds. The lowest BCUT2D eigenvalue weighted by molar-refractivity contribution is 1.13. The molecule has 0 saturated carbocycles. The largest absolute Gasteiger partial charge is 0.0616 e. The van der Waals surface area contributed by atoms with Crippen molar-refractivity contribution in [1.29, 1.82) is 0 Å². The van der Waals surface area contributed by atoms with Crippen LogP contribution in [0.2, 0.25) is 0 Å². The van der Waals surface area contributed by atoms with Crippen molar-refractivity contribution in [2.24, 2.45) is 0 Å². The molecule has 0 atom stereocenters. The van der Waals surface area contributed by atoms with Crippen LogP contribution in [0.5, 0.6) is 0 Å². The van der Waals surface area contributed by atoms with Crippen LogP contribution in [0, 0.1) is 6.92 Å². The first kappa shape index (κ1) is 12.0. The molecule has 19 heavy (non-hydrogen) atoms. The predicted molar refractivity (Wildman–Crippen MR) is 83.5 cm³/mol. The topological polar surface area (TPSA) is 0 Å². The van der Waals surface area contributed by atoms with Crippen LogP contribution in [0.15, 0.2) is 60.7 Å². The first-order valence-electron chi connectivity index (χ1n) is 6.86. The van der Waals surface area contributed by atoms with Crippen molar-refractivity contribution >= 4 is 10.8 Å². The molecule has 0 bridgehead atoms. The fourth-order valence-electron chi connectivity index (χ4n) is 2.70. The minimum atomic E-state index is 1.08. The molecule has 0 nitrogen and oxygen atoms in total. The molecule has 0 heteroatoms. The number of rotatable bonds is 2. The Morgan fingerprint density at radius 2 is 1.63 bits per heavy atom. The van der Waals surface area contributed by atoms with Gasteiger partial charge in [-0.2, -0.15) is 0 Å². The molecular formula is C19H18. The van der Waals surface area contributed by atoms with Gasteiger partial charge in [0.2, 0.25) is 0 Å². The summed E-state index contributed by atoms with van der Waals surface area (Å²) in [5.41, 5.74) is 5.40. The molecule has 0 fully saturated rings. The fourth-order valence-corrected chi connectivity index (χ4v) is 2.70. The van der Waals surface area contributed by atoms with Crippen LogP contribution in [0.25, 0.3) is 21.9 Å². The molecule has 3 aromatic rings. The monoisotopic (exact) mass is 246 g/mol. The Morgan fingerprint density at radius 3 is 2.47 bits per heavy atom. The molecule has 0 aliphatic carbocycles. The van der Waals surface area contributed by atoms with Gasteiger partial charge in [0, 0.05) is 0 Å². The van der Waals surface area contributed by atoms with Crippen molar-refractivity contribution < 1.29 is 0 Å². The smallest absolute Gasteiger partial charge is 0.0105 e. The highest BCUT2D eigenvalue weighted by Gasteiger charge is 2.04. The second kappa shape index (κ2) is 4.89. The maximum Gasteiger partial charge on any atom is -0.0105 e. The minimum Gasteiger partial charge on any atom is -0.0616 e. The van der Waals surface area contributed by atoms with E-state index >= 15 is 0 Å². The predicted octanol–water partition coefficient (Wildman–Crippen LogP) is 5.38. The second-order valence-corrected chi connectivity index (χ2v) is 5.09. The highest BCUT2D eigenvalue weighted by molar-refractivity contribution is 5.96. The third-order valence-corrected chi connectivity index (χ3v) is 3.65. The van der Waals surface area contributed by atoms with Crippen molar-refractivity contribution in [2.45, 2.75) is 20.3 Å². The summed E-state index contributed by atoms with van der Waals surface area (Å²) >= 11 is 0. The molecule has 94 valence electrons. The highest BCUT2D eigenvalue weighted by Crippen LogP contribution is 2.29. The van der Waals surface area contributed by atoms with Crippen molar-refractivity contribution in [1.82, 2.24) is 0 Å². The third kappa shape index (κ3) is 2.26. The van der Waals surface area contributed by atoms with Gasteiger partial charge in [-0.15, -0.1) is 0 Å². The zero-order valence-corrected chi connectivity index (χ0v) is 11.5. The maximum atomic E-state index is 2.31. The number of aryl methyl sites for hydroxylation is 2. The van der Waals surface area contributed by atoms with Crippen molar-refractivity contribution in [3.8, 4) is 11.1 Å². The van der Waals surface area contributed by atoms with Crippen LogP contribution in [0.3, 0.4) is 0 Å². The van der Waals surface area contributed by atoms with Crippen molar-refractivity contribution in [2.75, 3.05) is 0 Å². The summed E-state index contributed by atoms with van der Waals surface area (Å²) in [5.74, 6) is 0. The Balaban J connectivity index is 2.27. The quantitative estimate of drug-likeness (QED) is 0.569. The zero-order chi connectivity index (χ0) is 13.2. The molecular weight excluding hydrogens is 228 g/mol. The average Bonchev–Trinajstić information content (AvgIpc) is 2.46. The molecule has 0 saturated heterocycles. The van der Waals surface area contributed by atoms with E-state index in [2.05, 4.69) is 74.5 Å². The number of hydrogen-bond acceptors (Lipinski definition) is 0. The van der Waals surface area contributed by atoms with Gasteiger partial charge in [-0.05, 0) is 40.8 Å². The second-order valence-electron chi connectivity index (χ2n) is 5.09.